The Labute approximate surface area is 70.7 Å². The van der Waals surface area contributed by atoms with Gasteiger partial charge in [-0.2, -0.15) is 0 Å². The van der Waals surface area contributed by atoms with E-state index in [0.29, 0.717) is 18.7 Å². The summed E-state index contributed by atoms with van der Waals surface area (Å²) in [5.74, 6) is 3.91. The lowest BCUT2D eigenvalue weighted by atomic mass is 10.2. The smallest absolute Gasteiger partial charge is 0.410 e. The van der Waals surface area contributed by atoms with Crippen LogP contribution in [0.4, 0.5) is 4.79 Å². The van der Waals surface area contributed by atoms with Crippen molar-refractivity contribution in [2.45, 2.75) is 19.0 Å². The molecule has 4 aliphatic carbocycles. The van der Waals surface area contributed by atoms with E-state index in [-0.39, 0.29) is 6.09 Å². The maximum atomic E-state index is 11.3. The minimum Gasteiger partial charge on any atom is -0.450 e. The molecule has 0 N–H and O–H groups in total. The summed E-state index contributed by atoms with van der Waals surface area (Å²) < 4.78 is 4.97. The molecule has 12 heavy (non-hydrogen) atoms. The number of likely N-dealkylation sites (tertiary alicyclic amines) is 1. The summed E-state index contributed by atoms with van der Waals surface area (Å²) in [6, 6.07) is 1.23. The summed E-state index contributed by atoms with van der Waals surface area (Å²) in [6.45, 7) is 2.38. The summed E-state index contributed by atoms with van der Waals surface area (Å²) in [5.41, 5.74) is 0. The van der Waals surface area contributed by atoms with Crippen LogP contribution in [0.2, 0.25) is 0 Å². The van der Waals surface area contributed by atoms with Crippen molar-refractivity contribution in [2.24, 2.45) is 23.7 Å². The largest absolute Gasteiger partial charge is 0.450 e. The second-order valence-electron chi connectivity index (χ2n) is 4.40. The number of amides is 1. The molecule has 5 fully saturated rings. The summed E-state index contributed by atoms with van der Waals surface area (Å²) in [6.07, 6.45) is -0.0682. The van der Waals surface area contributed by atoms with Crippen LogP contribution in [0.1, 0.15) is 6.92 Å². The van der Waals surface area contributed by atoms with Crippen LogP contribution in [0, 0.1) is 23.7 Å². The van der Waals surface area contributed by atoms with Crippen LogP contribution in [-0.2, 0) is 4.74 Å². The molecule has 3 heteroatoms. The number of carbonyl (C=O) groups excluding carboxylic acids is 1. The standard InChI is InChI=1S/C9H11NO2/c1-2-12-9(11)10-7-5-3-4(5)6(3)8(7)10/h3-8H,2H2,1H3. The molecule has 1 saturated heterocycles. The lowest BCUT2D eigenvalue weighted by Gasteiger charge is -2.10. The number of nitrogens with zero attached hydrogens (tertiary/aromatic N) is 1. The summed E-state index contributed by atoms with van der Waals surface area (Å²) >= 11 is 0. The molecule has 5 rings (SSSR count). The number of carbonyl (C=O) groups is 1. The quantitative estimate of drug-likeness (QED) is 0.535. The predicted molar refractivity (Wildman–Crippen MR) is 40.4 cm³/mol. The monoisotopic (exact) mass is 165 g/mol. The Bertz CT molecular complexity index is 262. The van der Waals surface area contributed by atoms with Crippen LogP contribution in [0.5, 0.6) is 0 Å². The highest BCUT2D eigenvalue weighted by Crippen LogP contribution is 2.88. The molecule has 0 aromatic rings. The summed E-state index contributed by atoms with van der Waals surface area (Å²) in [5, 5.41) is 0. The van der Waals surface area contributed by atoms with Crippen LogP contribution in [0.3, 0.4) is 0 Å². The van der Waals surface area contributed by atoms with Crippen molar-refractivity contribution >= 4 is 6.09 Å². The van der Waals surface area contributed by atoms with E-state index in [9.17, 15) is 4.79 Å². The molecule has 4 saturated carbocycles. The van der Waals surface area contributed by atoms with Gasteiger partial charge >= 0.3 is 6.09 Å². The third-order valence-corrected chi connectivity index (χ3v) is 4.11. The van der Waals surface area contributed by atoms with Gasteiger partial charge in [-0.1, -0.05) is 0 Å². The molecule has 2 bridgehead atoms. The van der Waals surface area contributed by atoms with Crippen molar-refractivity contribution < 1.29 is 9.53 Å². The van der Waals surface area contributed by atoms with Gasteiger partial charge in [0.2, 0.25) is 0 Å². The van der Waals surface area contributed by atoms with E-state index in [1.54, 1.807) is 0 Å². The molecule has 64 valence electrons. The molecule has 0 aromatic carbocycles. The van der Waals surface area contributed by atoms with Gasteiger partial charge in [0, 0.05) is 0 Å². The number of piperidine rings is 2. The molecule has 5 aliphatic rings. The van der Waals surface area contributed by atoms with Gasteiger partial charge in [0.05, 0.1) is 18.7 Å². The number of ether oxygens (including phenoxy) is 1. The van der Waals surface area contributed by atoms with E-state index in [4.69, 9.17) is 4.74 Å². The normalized spacial score (nSPS) is 60.6. The van der Waals surface area contributed by atoms with E-state index in [2.05, 4.69) is 0 Å². The highest BCUT2D eigenvalue weighted by molar-refractivity contribution is 5.75. The molecule has 3 nitrogen and oxygen atoms in total. The number of rotatable bonds is 1. The van der Waals surface area contributed by atoms with Gasteiger partial charge in [-0.3, -0.25) is 4.90 Å². The fraction of sp³-hybridized carbons (Fsp3) is 0.889. The SMILES string of the molecule is CCOC(=O)N1C2C3C4C3C4C21. The second kappa shape index (κ2) is 1.38. The van der Waals surface area contributed by atoms with Gasteiger partial charge in [0.15, 0.2) is 0 Å². The Morgan fingerprint density at radius 2 is 1.83 bits per heavy atom. The third-order valence-electron chi connectivity index (χ3n) is 4.11. The zero-order valence-corrected chi connectivity index (χ0v) is 6.93. The van der Waals surface area contributed by atoms with Crippen molar-refractivity contribution in [3.63, 3.8) is 0 Å². The van der Waals surface area contributed by atoms with Gasteiger partial charge in [-0.05, 0) is 30.6 Å². The van der Waals surface area contributed by atoms with Crippen LogP contribution in [0.15, 0.2) is 0 Å². The first-order valence-corrected chi connectivity index (χ1v) is 4.81. The van der Waals surface area contributed by atoms with E-state index in [1.165, 1.54) is 0 Å². The van der Waals surface area contributed by atoms with E-state index in [0.717, 1.165) is 23.7 Å². The maximum absolute atomic E-state index is 11.3. The minimum absolute atomic E-state index is 0.0682. The zero-order valence-electron chi connectivity index (χ0n) is 6.93. The minimum atomic E-state index is -0.0682. The molecule has 1 heterocycles. The fourth-order valence-electron chi connectivity index (χ4n) is 3.58. The van der Waals surface area contributed by atoms with Crippen LogP contribution in [-0.4, -0.2) is 29.7 Å². The highest BCUT2D eigenvalue weighted by Gasteiger charge is 2.93. The van der Waals surface area contributed by atoms with Gasteiger partial charge in [-0.15, -0.1) is 0 Å². The molecule has 1 amide bonds. The second-order valence-corrected chi connectivity index (χ2v) is 4.40. The van der Waals surface area contributed by atoms with Crippen molar-refractivity contribution in [1.82, 2.24) is 4.90 Å². The van der Waals surface area contributed by atoms with Gasteiger partial charge in [-0.25, -0.2) is 4.79 Å². The van der Waals surface area contributed by atoms with Gasteiger partial charge in [0.1, 0.15) is 0 Å². The fourth-order valence-corrected chi connectivity index (χ4v) is 3.58. The van der Waals surface area contributed by atoms with Crippen molar-refractivity contribution in [3.8, 4) is 0 Å². The number of hydrogen-bond donors (Lipinski definition) is 0. The van der Waals surface area contributed by atoms with E-state index in [1.807, 2.05) is 11.8 Å². The molecule has 0 radical (unpaired) electrons. The van der Waals surface area contributed by atoms with Gasteiger partial charge < -0.3 is 4.74 Å². The predicted octanol–water partition coefficient (Wildman–Crippen LogP) is 0.701. The lowest BCUT2D eigenvalue weighted by Crippen LogP contribution is -2.22. The van der Waals surface area contributed by atoms with E-state index < -0.39 is 0 Å². The van der Waals surface area contributed by atoms with Crippen LogP contribution >= 0.6 is 0 Å². The zero-order chi connectivity index (χ0) is 8.03. The van der Waals surface area contributed by atoms with Crippen LogP contribution in [0.25, 0.3) is 0 Å². The average molecular weight is 165 g/mol. The molecule has 2 unspecified atom stereocenters. The van der Waals surface area contributed by atoms with Crippen molar-refractivity contribution in [1.29, 1.82) is 0 Å². The van der Waals surface area contributed by atoms with Crippen LogP contribution < -0.4 is 0 Å². The Morgan fingerprint density at radius 3 is 2.33 bits per heavy atom. The lowest BCUT2D eigenvalue weighted by molar-refractivity contribution is 0.125. The molecule has 2 atom stereocenters. The summed E-state index contributed by atoms with van der Waals surface area (Å²) in [4.78, 5) is 13.3. The molecule has 0 aromatic heterocycles. The maximum Gasteiger partial charge on any atom is 0.410 e. The van der Waals surface area contributed by atoms with E-state index >= 15 is 0 Å². The average Bonchev–Trinajstić information content (AvgIpc) is 2.92. The molecule has 0 spiro atoms. The Kier molecular flexibility index (Phi) is 0.672. The molecular weight excluding hydrogens is 154 g/mol. The first kappa shape index (κ1) is 5.84. The Balaban J connectivity index is 1.51. The molecular formula is C9H11NO2. The first-order chi connectivity index (χ1) is 5.86. The topological polar surface area (TPSA) is 29.3 Å². The molecule has 1 aliphatic heterocycles. The summed E-state index contributed by atoms with van der Waals surface area (Å²) in [7, 11) is 0. The van der Waals surface area contributed by atoms with Crippen molar-refractivity contribution in [3.05, 3.63) is 0 Å². The third kappa shape index (κ3) is 0.391. The Hall–Kier alpha value is -0.730. The first-order valence-electron chi connectivity index (χ1n) is 4.81. The van der Waals surface area contributed by atoms with Gasteiger partial charge in [0.25, 0.3) is 0 Å². The highest BCUT2D eigenvalue weighted by atomic mass is 16.6. The Morgan fingerprint density at radius 1 is 1.25 bits per heavy atom. The van der Waals surface area contributed by atoms with Crippen molar-refractivity contribution in [2.75, 3.05) is 6.61 Å². The number of hydrogen-bond acceptors (Lipinski definition) is 2.